The van der Waals surface area contributed by atoms with Gasteiger partial charge < -0.3 is 27.8 Å². The van der Waals surface area contributed by atoms with Gasteiger partial charge in [0.2, 0.25) is 0 Å². The molecule has 0 saturated carbocycles. The maximum Gasteiger partial charge on any atom is 0.603 e. The van der Waals surface area contributed by atoms with Gasteiger partial charge in [-0.25, -0.2) is 30.0 Å². The van der Waals surface area contributed by atoms with Crippen LogP contribution in [-0.2, 0) is 27.8 Å². The smallest absolute Gasteiger partial charge is 0.379 e. The molecule has 6 aromatic rings. The van der Waals surface area contributed by atoms with Crippen molar-refractivity contribution in [3.8, 4) is 0 Å². The number of fused-ring (bicyclic) bond motifs is 14. The Morgan fingerprint density at radius 1 is 0.415 bits per heavy atom. The highest BCUT2D eigenvalue weighted by Gasteiger charge is 2.53. The number of amidine groups is 4. The van der Waals surface area contributed by atoms with Crippen molar-refractivity contribution in [1.82, 2.24) is 8.47 Å². The maximum atomic E-state index is 8.61. The lowest BCUT2D eigenvalue weighted by atomic mass is 10.1. The van der Waals surface area contributed by atoms with E-state index in [-0.39, 0.29) is 65.9 Å². The van der Waals surface area contributed by atoms with Gasteiger partial charge in [-0.1, -0.05) is 107 Å². The second kappa shape index (κ2) is 18.9. The van der Waals surface area contributed by atoms with E-state index in [1.807, 2.05) is 106 Å². The first-order chi connectivity index (χ1) is 32.2. The summed E-state index contributed by atoms with van der Waals surface area (Å²) in [5.74, 6) is 2.94. The quantitative estimate of drug-likeness (QED) is 0.0289. The zero-order valence-corrected chi connectivity index (χ0v) is 35.9. The molecule has 0 spiro atoms. The van der Waals surface area contributed by atoms with Gasteiger partial charge in [-0.2, -0.15) is 0 Å². The molecule has 21 heteroatoms. The Morgan fingerprint density at radius 2 is 0.769 bits per heavy atom. The van der Waals surface area contributed by atoms with Gasteiger partial charge in [0.15, 0.2) is 23.3 Å². The van der Waals surface area contributed by atoms with E-state index >= 15 is 0 Å². The fourth-order valence-electron chi connectivity index (χ4n) is 8.15. The molecule has 0 atom stereocenters. The average Bonchev–Trinajstić information content (AvgIpc) is 4.06. The van der Waals surface area contributed by atoms with Crippen molar-refractivity contribution in [1.29, 1.82) is 0 Å². The maximum absolute atomic E-state index is 8.61. The first-order valence-electron chi connectivity index (χ1n) is 21.1. The number of aromatic nitrogens is 2. The Hall–Kier alpha value is -7.16. The summed E-state index contributed by atoms with van der Waals surface area (Å²) in [6, 6.07) is 31.8. The molecule has 6 bridgehead atoms. The van der Waals surface area contributed by atoms with Gasteiger partial charge in [0.1, 0.15) is 22.6 Å². The number of nitrogens with zero attached hydrogens (tertiary/aromatic N) is 14. The van der Waals surface area contributed by atoms with Gasteiger partial charge in [-0.3, -0.25) is 8.47 Å². The predicted octanol–water partition coefficient (Wildman–Crippen LogP) is 6.09. The molecular weight excluding hydrogens is 849 g/mol. The van der Waals surface area contributed by atoms with E-state index in [4.69, 9.17) is 68.8 Å². The minimum atomic E-state index is -4.38. The zero-order chi connectivity index (χ0) is 44.0. The monoisotopic (exact) mass is 888 g/mol. The van der Waals surface area contributed by atoms with Crippen LogP contribution in [0.25, 0.3) is 42.4 Å². The first-order valence-corrected chi connectivity index (χ1v) is 22.8. The number of aliphatic imine (C=N–C) groups is 4. The zero-order valence-electron chi connectivity index (χ0n) is 34.9. The van der Waals surface area contributed by atoms with Crippen LogP contribution >= 0.6 is 0 Å². The van der Waals surface area contributed by atoms with E-state index in [9.17, 15) is 0 Å². The normalized spacial score (nSPS) is 16.2. The SMILES string of the molecule is [N-]=[N+]=NCCOCCOCCO[Si]1(OCCOCCOCCN=[N+]=[N-])n2c3c4ccccc4c2N=C2N=C(N=c4c5ccccc5c(n41)=NC1=NC(=N3)c3ccccc31)c1ccccc12. The highest BCUT2D eigenvalue weighted by Crippen LogP contribution is 2.43. The lowest BCUT2D eigenvalue weighted by molar-refractivity contribution is 0.0175. The number of azide groups is 2. The van der Waals surface area contributed by atoms with Crippen molar-refractivity contribution < 1.29 is 27.8 Å². The third-order valence-electron chi connectivity index (χ3n) is 10.9. The van der Waals surface area contributed by atoms with Crippen molar-refractivity contribution in [2.75, 3.05) is 79.2 Å². The van der Waals surface area contributed by atoms with Crippen LogP contribution in [0.1, 0.15) is 22.3 Å². The van der Waals surface area contributed by atoms with E-state index in [2.05, 4.69) is 20.1 Å². The minimum Gasteiger partial charge on any atom is -0.379 e. The molecule has 0 fully saturated rings. The van der Waals surface area contributed by atoms with Gasteiger partial charge in [0.25, 0.3) is 0 Å². The van der Waals surface area contributed by atoms with Crippen LogP contribution in [0.3, 0.4) is 0 Å². The molecule has 20 nitrogen and oxygen atoms in total. The molecule has 0 N–H and O–H groups in total. The van der Waals surface area contributed by atoms with Crippen molar-refractivity contribution in [3.63, 3.8) is 0 Å². The Labute approximate surface area is 371 Å². The fraction of sp³-hybridized carbons (Fsp3) is 0.273. The summed E-state index contributed by atoms with van der Waals surface area (Å²) < 4.78 is 42.2. The molecule has 4 aliphatic heterocycles. The van der Waals surface area contributed by atoms with Crippen LogP contribution in [-0.4, -0.2) is 120 Å². The third kappa shape index (κ3) is 7.93. The van der Waals surface area contributed by atoms with E-state index in [1.165, 1.54) is 0 Å². The summed E-state index contributed by atoms with van der Waals surface area (Å²) in [6.45, 7) is 2.56. The van der Waals surface area contributed by atoms with Gasteiger partial charge in [0, 0.05) is 66.7 Å². The number of hydrogen-bond donors (Lipinski definition) is 0. The number of ether oxygens (including phenoxy) is 4. The highest BCUT2D eigenvalue weighted by molar-refractivity contribution is 6.66. The van der Waals surface area contributed by atoms with E-state index < -0.39 is 8.88 Å². The Balaban J connectivity index is 1.21. The molecule has 0 aliphatic carbocycles. The summed E-state index contributed by atoms with van der Waals surface area (Å²) in [5, 5.41) is 10.2. The summed E-state index contributed by atoms with van der Waals surface area (Å²) in [6.07, 6.45) is 0. The molecule has 2 aromatic heterocycles. The van der Waals surface area contributed by atoms with E-state index in [0.29, 0.717) is 59.2 Å². The van der Waals surface area contributed by atoms with Gasteiger partial charge in [-0.05, 0) is 11.1 Å². The van der Waals surface area contributed by atoms with Crippen molar-refractivity contribution in [2.45, 2.75) is 0 Å². The van der Waals surface area contributed by atoms with Crippen LogP contribution in [0.4, 0.5) is 11.6 Å². The van der Waals surface area contributed by atoms with Gasteiger partial charge in [-0.15, -0.1) is 0 Å². The summed E-state index contributed by atoms with van der Waals surface area (Å²) >= 11 is 0. The predicted molar refractivity (Wildman–Crippen MR) is 244 cm³/mol. The third-order valence-corrected chi connectivity index (χ3v) is 14.0. The van der Waals surface area contributed by atoms with E-state index in [1.54, 1.807) is 0 Å². The molecule has 4 aliphatic rings. The number of benzene rings is 4. The largest absolute Gasteiger partial charge is 0.603 e. The molecule has 10 rings (SSSR count). The number of rotatable bonds is 20. The molecule has 0 saturated heterocycles. The van der Waals surface area contributed by atoms with E-state index in [0.717, 1.165) is 43.8 Å². The molecule has 65 heavy (non-hydrogen) atoms. The molecule has 326 valence electrons. The lowest BCUT2D eigenvalue weighted by Crippen LogP contribution is -2.64. The Kier molecular flexibility index (Phi) is 12.2. The van der Waals surface area contributed by atoms with Crippen LogP contribution in [0, 0.1) is 0 Å². The molecule has 0 amide bonds. The molecule has 0 unspecified atom stereocenters. The van der Waals surface area contributed by atoms with Crippen LogP contribution in [0.5, 0.6) is 0 Å². The molecule has 6 heterocycles. The van der Waals surface area contributed by atoms with Crippen LogP contribution in [0.15, 0.2) is 137 Å². The molecule has 0 radical (unpaired) electrons. The Morgan fingerprint density at radius 3 is 1.18 bits per heavy atom. The summed E-state index contributed by atoms with van der Waals surface area (Å²) in [4.78, 5) is 37.5. The summed E-state index contributed by atoms with van der Waals surface area (Å²) in [7, 11) is -4.38. The lowest BCUT2D eigenvalue weighted by Gasteiger charge is -2.33. The average molecular weight is 889 g/mol. The molecule has 4 aromatic carbocycles. The fourth-order valence-corrected chi connectivity index (χ4v) is 11.4. The van der Waals surface area contributed by atoms with Crippen LogP contribution in [0.2, 0.25) is 0 Å². The summed E-state index contributed by atoms with van der Waals surface area (Å²) in [5.41, 5.74) is 21.6. The second-order valence-corrected chi connectivity index (χ2v) is 17.3. The topological polar surface area (TPSA) is 237 Å². The van der Waals surface area contributed by atoms with Gasteiger partial charge >= 0.3 is 8.88 Å². The van der Waals surface area contributed by atoms with Gasteiger partial charge in [0.05, 0.1) is 66.1 Å². The highest BCUT2D eigenvalue weighted by atomic mass is 28.4. The number of hydrogen-bond acceptors (Lipinski definition) is 14. The van der Waals surface area contributed by atoms with Crippen LogP contribution < -0.4 is 11.0 Å². The van der Waals surface area contributed by atoms with Crippen molar-refractivity contribution in [3.05, 3.63) is 151 Å². The minimum absolute atomic E-state index is 0.0567. The Bertz CT molecular complexity index is 2980. The standard InChI is InChI=1S/C44H40N14O6Si/c45-55-47-17-19-59-21-23-61-25-27-63-65(64-28-26-62-24-22-60-20-18-48-56-46)57-41-33-13-5-6-14-34(33)43(57)53-39-31-11-3-4-12-32(31)40(50-39)54-44-36-16-8-7-15-35(36)42(58(44)65)52-38-30-10-2-1-9-29(30)37(49-38)51-41/h1-16H,17-28H2. The first kappa shape index (κ1) is 41.8. The second-order valence-electron chi connectivity index (χ2n) is 14.7. The van der Waals surface area contributed by atoms with Crippen molar-refractivity contribution >= 4 is 65.4 Å². The van der Waals surface area contributed by atoms with Crippen molar-refractivity contribution in [2.24, 2.45) is 40.2 Å². The molecular formula is C44H40N14O6Si.